The monoisotopic (exact) mass is 373 g/mol. The lowest BCUT2D eigenvalue weighted by atomic mass is 10.1. The van der Waals surface area contributed by atoms with E-state index in [1.54, 1.807) is 25.5 Å². The normalized spacial score (nSPS) is 19.9. The lowest BCUT2D eigenvalue weighted by Gasteiger charge is -2.29. The van der Waals surface area contributed by atoms with Gasteiger partial charge in [-0.25, -0.2) is 4.39 Å². The minimum atomic E-state index is -0.215. The first-order valence-corrected chi connectivity index (χ1v) is 9.20. The number of piperazine rings is 1. The number of nitrogens with zero attached hydrogens (tertiary/aromatic N) is 1. The molecule has 7 heteroatoms. The number of benzene rings is 1. The fourth-order valence-electron chi connectivity index (χ4n) is 3.65. The maximum atomic E-state index is 13.6. The van der Waals surface area contributed by atoms with Gasteiger partial charge in [0.2, 0.25) is 5.76 Å². The maximum Gasteiger partial charge on any atom is 0.202 e. The number of nitrogens with one attached hydrogen (secondary N) is 2. The van der Waals surface area contributed by atoms with Gasteiger partial charge in [0.25, 0.3) is 0 Å². The average molecular weight is 373 g/mol. The summed E-state index contributed by atoms with van der Waals surface area (Å²) in [6.07, 6.45) is 1.62. The molecule has 1 fully saturated rings. The number of rotatable bonds is 6. The van der Waals surface area contributed by atoms with E-state index in [1.807, 2.05) is 18.2 Å². The molecule has 0 bridgehead atoms. The van der Waals surface area contributed by atoms with Gasteiger partial charge in [0.05, 0.1) is 18.9 Å². The Kier molecular flexibility index (Phi) is 5.22. The SMILES string of the molecule is COc1ccc(F)cc1C[NH+]1CC[NH+](Cc2cc(-c3ccco3)on2)CC1. The summed E-state index contributed by atoms with van der Waals surface area (Å²) in [4.78, 5) is 2.92. The third-order valence-corrected chi connectivity index (χ3v) is 5.10. The second-order valence-corrected chi connectivity index (χ2v) is 6.97. The van der Waals surface area contributed by atoms with E-state index < -0.39 is 0 Å². The number of hydrogen-bond acceptors (Lipinski definition) is 4. The van der Waals surface area contributed by atoms with Gasteiger partial charge in [-0.05, 0) is 30.3 Å². The highest BCUT2D eigenvalue weighted by Crippen LogP contribution is 2.20. The van der Waals surface area contributed by atoms with E-state index >= 15 is 0 Å². The molecular weight excluding hydrogens is 349 g/mol. The Morgan fingerprint density at radius 3 is 2.52 bits per heavy atom. The molecule has 1 aliphatic rings. The maximum absolute atomic E-state index is 13.6. The number of furan rings is 1. The Balaban J connectivity index is 1.31. The van der Waals surface area contributed by atoms with Crippen LogP contribution in [0.5, 0.6) is 5.75 Å². The van der Waals surface area contributed by atoms with Gasteiger partial charge in [-0.2, -0.15) is 0 Å². The van der Waals surface area contributed by atoms with E-state index in [2.05, 4.69) is 5.16 Å². The number of quaternary nitrogens is 2. The van der Waals surface area contributed by atoms with E-state index in [0.29, 0.717) is 11.5 Å². The molecule has 0 saturated carbocycles. The summed E-state index contributed by atoms with van der Waals surface area (Å²) in [6.45, 7) is 5.74. The summed E-state index contributed by atoms with van der Waals surface area (Å²) >= 11 is 0. The molecular formula is C20H24FN3O3+2. The van der Waals surface area contributed by atoms with Gasteiger partial charge in [0.1, 0.15) is 56.5 Å². The van der Waals surface area contributed by atoms with Crippen molar-refractivity contribution in [2.45, 2.75) is 13.1 Å². The van der Waals surface area contributed by atoms with E-state index in [9.17, 15) is 4.39 Å². The first-order chi connectivity index (χ1) is 13.2. The summed E-state index contributed by atoms with van der Waals surface area (Å²) < 4.78 is 29.6. The van der Waals surface area contributed by atoms with E-state index in [1.165, 1.54) is 15.9 Å². The van der Waals surface area contributed by atoms with Crippen LogP contribution in [0, 0.1) is 5.82 Å². The zero-order chi connectivity index (χ0) is 18.6. The molecule has 0 unspecified atom stereocenters. The van der Waals surface area contributed by atoms with Gasteiger partial charge in [-0.15, -0.1) is 0 Å². The topological polar surface area (TPSA) is 57.3 Å². The number of methoxy groups -OCH3 is 1. The largest absolute Gasteiger partial charge is 0.496 e. The fraction of sp³-hybridized carbons (Fsp3) is 0.350. The molecule has 0 atom stereocenters. The Morgan fingerprint density at radius 1 is 1.04 bits per heavy atom. The summed E-state index contributed by atoms with van der Waals surface area (Å²) in [5.41, 5.74) is 1.86. The summed E-state index contributed by atoms with van der Waals surface area (Å²) in [5, 5.41) is 4.16. The van der Waals surface area contributed by atoms with E-state index in [0.717, 1.165) is 56.3 Å². The molecule has 0 amide bonds. The van der Waals surface area contributed by atoms with Crippen molar-refractivity contribution in [2.75, 3.05) is 33.3 Å². The average Bonchev–Trinajstić information content (AvgIpc) is 3.35. The quantitative estimate of drug-likeness (QED) is 0.663. The molecule has 1 saturated heterocycles. The number of aromatic nitrogens is 1. The first kappa shape index (κ1) is 17.8. The molecule has 1 aliphatic heterocycles. The molecule has 2 N–H and O–H groups in total. The molecule has 142 valence electrons. The lowest BCUT2D eigenvalue weighted by molar-refractivity contribution is -1.02. The summed E-state index contributed by atoms with van der Waals surface area (Å²) in [5.74, 6) is 1.90. The molecule has 0 spiro atoms. The predicted molar refractivity (Wildman–Crippen MR) is 96.0 cm³/mol. The van der Waals surface area contributed by atoms with Crippen molar-refractivity contribution in [1.82, 2.24) is 5.16 Å². The Bertz CT molecular complexity index is 870. The second kappa shape index (κ2) is 7.94. The van der Waals surface area contributed by atoms with E-state index in [-0.39, 0.29) is 5.82 Å². The smallest absolute Gasteiger partial charge is 0.202 e. The second-order valence-electron chi connectivity index (χ2n) is 6.97. The van der Waals surface area contributed by atoms with E-state index in [4.69, 9.17) is 13.7 Å². The van der Waals surface area contributed by atoms with Gasteiger partial charge < -0.3 is 23.5 Å². The zero-order valence-corrected chi connectivity index (χ0v) is 15.3. The molecule has 0 aliphatic carbocycles. The van der Waals surface area contributed by atoms with Gasteiger partial charge in [-0.3, -0.25) is 0 Å². The standard InChI is InChI=1S/C20H22FN3O3/c1-25-18-5-4-16(21)11-15(18)13-23-6-8-24(9-7-23)14-17-12-20(27-22-17)19-3-2-10-26-19/h2-5,10-12H,6-9,13-14H2,1H3/p+2. The van der Waals surface area contributed by atoms with Crippen LogP contribution in [0.15, 0.2) is 51.6 Å². The minimum Gasteiger partial charge on any atom is -0.496 e. The van der Waals surface area contributed by atoms with Crippen LogP contribution >= 0.6 is 0 Å². The molecule has 0 radical (unpaired) electrons. The van der Waals surface area contributed by atoms with Crippen LogP contribution in [-0.4, -0.2) is 38.4 Å². The molecule has 3 aromatic rings. The highest BCUT2D eigenvalue weighted by Gasteiger charge is 2.25. The first-order valence-electron chi connectivity index (χ1n) is 9.20. The molecule has 6 nitrogen and oxygen atoms in total. The Hall–Kier alpha value is -2.64. The number of hydrogen-bond donors (Lipinski definition) is 2. The van der Waals surface area contributed by atoms with Crippen molar-refractivity contribution in [1.29, 1.82) is 0 Å². The van der Waals surface area contributed by atoms with Crippen LogP contribution in [0.1, 0.15) is 11.3 Å². The van der Waals surface area contributed by atoms with Crippen LogP contribution in [0.2, 0.25) is 0 Å². The third kappa shape index (κ3) is 4.20. The Labute approximate surface area is 157 Å². The molecule has 3 heterocycles. The fourth-order valence-corrected chi connectivity index (χ4v) is 3.65. The molecule has 27 heavy (non-hydrogen) atoms. The van der Waals surface area contributed by atoms with Crippen LogP contribution in [0.4, 0.5) is 4.39 Å². The number of ether oxygens (including phenoxy) is 1. The van der Waals surface area contributed by atoms with Crippen molar-refractivity contribution >= 4 is 0 Å². The van der Waals surface area contributed by atoms with Crippen molar-refractivity contribution in [3.63, 3.8) is 0 Å². The van der Waals surface area contributed by atoms with Crippen LogP contribution < -0.4 is 14.5 Å². The van der Waals surface area contributed by atoms with Crippen molar-refractivity contribution in [3.05, 3.63) is 59.7 Å². The van der Waals surface area contributed by atoms with Gasteiger partial charge in [0.15, 0.2) is 5.76 Å². The van der Waals surface area contributed by atoms with Crippen LogP contribution in [0.25, 0.3) is 11.5 Å². The minimum absolute atomic E-state index is 0.215. The molecule has 1 aromatic carbocycles. The van der Waals surface area contributed by atoms with Crippen molar-refractivity contribution in [3.8, 4) is 17.3 Å². The van der Waals surface area contributed by atoms with Crippen LogP contribution in [0.3, 0.4) is 0 Å². The van der Waals surface area contributed by atoms with Crippen LogP contribution in [-0.2, 0) is 13.1 Å². The van der Waals surface area contributed by atoms with Crippen molar-refractivity contribution < 1.29 is 27.9 Å². The predicted octanol–water partition coefficient (Wildman–Crippen LogP) is 0.566. The van der Waals surface area contributed by atoms with Crippen molar-refractivity contribution in [2.24, 2.45) is 0 Å². The van der Waals surface area contributed by atoms with Gasteiger partial charge in [-0.1, -0.05) is 5.16 Å². The Morgan fingerprint density at radius 2 is 1.81 bits per heavy atom. The highest BCUT2D eigenvalue weighted by atomic mass is 19.1. The van der Waals surface area contributed by atoms with Gasteiger partial charge in [0, 0.05) is 6.07 Å². The molecule has 4 rings (SSSR count). The molecule has 2 aromatic heterocycles. The van der Waals surface area contributed by atoms with Gasteiger partial charge >= 0.3 is 0 Å². The lowest BCUT2D eigenvalue weighted by Crippen LogP contribution is -3.27. The summed E-state index contributed by atoms with van der Waals surface area (Å²) in [7, 11) is 1.63. The highest BCUT2D eigenvalue weighted by molar-refractivity contribution is 5.49. The number of halogens is 1. The third-order valence-electron chi connectivity index (χ3n) is 5.10. The summed E-state index contributed by atoms with van der Waals surface area (Å²) in [6, 6.07) is 10.4. The zero-order valence-electron chi connectivity index (χ0n) is 15.3.